The molecule has 2 N–H and O–H groups in total. The smallest absolute Gasteiger partial charge is 0.228 e. The van der Waals surface area contributed by atoms with Crippen molar-refractivity contribution in [2.75, 3.05) is 17.7 Å². The molecule has 30 heavy (non-hydrogen) atoms. The van der Waals surface area contributed by atoms with E-state index >= 15 is 0 Å². The van der Waals surface area contributed by atoms with Gasteiger partial charge in [-0.1, -0.05) is 11.3 Å². The predicted octanol–water partition coefficient (Wildman–Crippen LogP) is 3.09. The van der Waals surface area contributed by atoms with Crippen molar-refractivity contribution in [3.8, 4) is 0 Å². The molecule has 1 amide bonds. The van der Waals surface area contributed by atoms with E-state index in [2.05, 4.69) is 43.0 Å². The summed E-state index contributed by atoms with van der Waals surface area (Å²) in [6.45, 7) is 0. The highest BCUT2D eigenvalue weighted by molar-refractivity contribution is 5.98. The van der Waals surface area contributed by atoms with Gasteiger partial charge in [0.25, 0.3) is 0 Å². The molecule has 0 unspecified atom stereocenters. The number of fused-ring (bicyclic) bond motifs is 2. The molecule has 3 aromatic heterocycles. The van der Waals surface area contributed by atoms with Crippen molar-refractivity contribution < 1.29 is 4.79 Å². The Morgan fingerprint density at radius 2 is 2.00 bits per heavy atom. The normalized spacial score (nSPS) is 13.7. The van der Waals surface area contributed by atoms with Crippen LogP contribution in [0, 0.1) is 5.92 Å². The lowest BCUT2D eigenvalue weighted by Crippen LogP contribution is -2.14. The Kier molecular flexibility index (Phi) is 4.54. The van der Waals surface area contributed by atoms with Gasteiger partial charge in [-0.05, 0) is 60.4 Å². The summed E-state index contributed by atoms with van der Waals surface area (Å²) in [5.41, 5.74) is 4.26. The van der Waals surface area contributed by atoms with E-state index in [0.29, 0.717) is 5.82 Å². The maximum Gasteiger partial charge on any atom is 0.228 e. The molecule has 152 valence electrons. The molecule has 1 fully saturated rings. The molecule has 1 aromatic carbocycles. The van der Waals surface area contributed by atoms with E-state index in [9.17, 15) is 4.79 Å². The van der Waals surface area contributed by atoms with Crippen molar-refractivity contribution >= 4 is 39.3 Å². The highest BCUT2D eigenvalue weighted by atomic mass is 16.2. The molecule has 4 aromatic rings. The van der Waals surface area contributed by atoms with Gasteiger partial charge in [-0.25, -0.2) is 14.6 Å². The van der Waals surface area contributed by atoms with Crippen LogP contribution < -0.4 is 10.6 Å². The first kappa shape index (κ1) is 18.5. The number of pyridine rings is 2. The fourth-order valence-corrected chi connectivity index (χ4v) is 3.74. The topological polar surface area (TPSA) is 97.6 Å². The van der Waals surface area contributed by atoms with Crippen LogP contribution in [0.2, 0.25) is 0 Å². The molecule has 3 heterocycles. The quantitative estimate of drug-likeness (QED) is 0.515. The molecule has 0 radical (unpaired) electrons. The molecule has 8 nitrogen and oxygen atoms in total. The van der Waals surface area contributed by atoms with Crippen molar-refractivity contribution in [3.05, 3.63) is 47.8 Å². The zero-order valence-electron chi connectivity index (χ0n) is 17.0. The SMILES string of the molecule is CNc1ncc(CCc2ccc3nnn(C)c3c2)c2cc(NC(=O)C3CC3)ncc12. The number of nitrogens with one attached hydrogen (secondary N) is 2. The third-order valence-corrected chi connectivity index (χ3v) is 5.65. The monoisotopic (exact) mass is 401 g/mol. The van der Waals surface area contributed by atoms with E-state index in [1.165, 1.54) is 5.56 Å². The van der Waals surface area contributed by atoms with Gasteiger partial charge in [0.15, 0.2) is 0 Å². The molecule has 5 rings (SSSR count). The van der Waals surface area contributed by atoms with Crippen LogP contribution in [0.15, 0.2) is 36.7 Å². The van der Waals surface area contributed by atoms with Crippen LogP contribution in [0.25, 0.3) is 21.8 Å². The van der Waals surface area contributed by atoms with Gasteiger partial charge in [-0.3, -0.25) is 4.79 Å². The maximum atomic E-state index is 12.2. The number of hydrogen-bond donors (Lipinski definition) is 2. The van der Waals surface area contributed by atoms with E-state index < -0.39 is 0 Å². The summed E-state index contributed by atoms with van der Waals surface area (Å²) in [5, 5.41) is 16.3. The van der Waals surface area contributed by atoms with E-state index in [1.807, 2.05) is 32.4 Å². The molecule has 0 bridgehead atoms. The average Bonchev–Trinajstić information content (AvgIpc) is 3.56. The molecule has 0 aliphatic heterocycles. The van der Waals surface area contributed by atoms with Crippen LogP contribution in [0.5, 0.6) is 0 Å². The van der Waals surface area contributed by atoms with Gasteiger partial charge >= 0.3 is 0 Å². The zero-order valence-corrected chi connectivity index (χ0v) is 17.0. The van der Waals surface area contributed by atoms with Crippen LogP contribution in [-0.4, -0.2) is 37.9 Å². The van der Waals surface area contributed by atoms with Gasteiger partial charge in [0, 0.05) is 37.8 Å². The number of hydrogen-bond acceptors (Lipinski definition) is 6. The molecular weight excluding hydrogens is 378 g/mol. The van der Waals surface area contributed by atoms with E-state index in [1.54, 1.807) is 10.9 Å². The van der Waals surface area contributed by atoms with Crippen LogP contribution in [0.1, 0.15) is 24.0 Å². The zero-order chi connectivity index (χ0) is 20.7. The molecule has 1 aliphatic rings. The van der Waals surface area contributed by atoms with Gasteiger partial charge in [0.2, 0.25) is 5.91 Å². The van der Waals surface area contributed by atoms with Crippen LogP contribution in [-0.2, 0) is 24.7 Å². The molecule has 8 heteroatoms. The van der Waals surface area contributed by atoms with Gasteiger partial charge < -0.3 is 10.6 Å². The second-order valence-corrected chi connectivity index (χ2v) is 7.80. The Balaban J connectivity index is 1.45. The molecule has 0 saturated heterocycles. The average molecular weight is 401 g/mol. The predicted molar refractivity (Wildman–Crippen MR) is 116 cm³/mol. The lowest BCUT2D eigenvalue weighted by molar-refractivity contribution is -0.117. The standard InChI is InChI=1S/C22H23N7O/c1-23-21-17-12-24-20(26-22(30)14-6-7-14)10-16(17)15(11-25-21)5-3-13-4-8-18-19(9-13)29(2)28-27-18/h4,8-12,14H,3,5-7H2,1-2H3,(H,23,25)(H,24,26,30). The Morgan fingerprint density at radius 1 is 1.13 bits per heavy atom. The maximum absolute atomic E-state index is 12.2. The first-order chi connectivity index (χ1) is 14.6. The number of carbonyl (C=O) groups is 1. The third kappa shape index (κ3) is 3.45. The molecule has 1 saturated carbocycles. The van der Waals surface area contributed by atoms with E-state index in [4.69, 9.17) is 0 Å². The summed E-state index contributed by atoms with van der Waals surface area (Å²) < 4.78 is 1.79. The minimum atomic E-state index is 0.0596. The number of aryl methyl sites for hydroxylation is 3. The highest BCUT2D eigenvalue weighted by Gasteiger charge is 2.29. The molecule has 0 spiro atoms. The number of carbonyl (C=O) groups excluding carboxylic acids is 1. The summed E-state index contributed by atoms with van der Waals surface area (Å²) in [5.74, 6) is 1.58. The summed E-state index contributed by atoms with van der Waals surface area (Å²) >= 11 is 0. The number of benzene rings is 1. The van der Waals surface area contributed by atoms with Crippen molar-refractivity contribution in [2.24, 2.45) is 13.0 Å². The first-order valence-electron chi connectivity index (χ1n) is 10.2. The van der Waals surface area contributed by atoms with Crippen molar-refractivity contribution in [1.29, 1.82) is 0 Å². The fourth-order valence-electron chi connectivity index (χ4n) is 3.74. The number of amides is 1. The van der Waals surface area contributed by atoms with Crippen molar-refractivity contribution in [2.45, 2.75) is 25.7 Å². The first-order valence-corrected chi connectivity index (χ1v) is 10.2. The van der Waals surface area contributed by atoms with Crippen molar-refractivity contribution in [1.82, 2.24) is 25.0 Å². The molecule has 1 aliphatic carbocycles. The lowest BCUT2D eigenvalue weighted by atomic mass is 10.0. The van der Waals surface area contributed by atoms with Crippen LogP contribution in [0.4, 0.5) is 11.6 Å². The van der Waals surface area contributed by atoms with Crippen molar-refractivity contribution in [3.63, 3.8) is 0 Å². The van der Waals surface area contributed by atoms with E-state index in [-0.39, 0.29) is 11.8 Å². The summed E-state index contributed by atoms with van der Waals surface area (Å²) in [4.78, 5) is 21.1. The minimum absolute atomic E-state index is 0.0596. The Labute approximate surface area is 173 Å². The van der Waals surface area contributed by atoms with Gasteiger partial charge in [0.1, 0.15) is 17.2 Å². The van der Waals surface area contributed by atoms with E-state index in [0.717, 1.165) is 58.9 Å². The van der Waals surface area contributed by atoms with Gasteiger partial charge in [-0.15, -0.1) is 5.10 Å². The minimum Gasteiger partial charge on any atom is -0.373 e. The number of aromatic nitrogens is 5. The van der Waals surface area contributed by atoms with Gasteiger partial charge in [0.05, 0.1) is 5.52 Å². The highest BCUT2D eigenvalue weighted by Crippen LogP contribution is 2.31. The number of rotatable bonds is 6. The Morgan fingerprint density at radius 3 is 2.80 bits per heavy atom. The Hall–Kier alpha value is -3.55. The summed E-state index contributed by atoms with van der Waals surface area (Å²) in [7, 11) is 3.75. The molecule has 0 atom stereocenters. The third-order valence-electron chi connectivity index (χ3n) is 5.65. The van der Waals surface area contributed by atoms with Crippen LogP contribution >= 0.6 is 0 Å². The Bertz CT molecular complexity index is 1260. The summed E-state index contributed by atoms with van der Waals surface area (Å²) in [6.07, 6.45) is 7.32. The molecular formula is C22H23N7O. The number of anilines is 2. The number of nitrogens with zero attached hydrogens (tertiary/aromatic N) is 5. The van der Waals surface area contributed by atoms with Gasteiger partial charge in [-0.2, -0.15) is 0 Å². The summed E-state index contributed by atoms with van der Waals surface area (Å²) in [6, 6.07) is 8.20. The fraction of sp³-hybridized carbons (Fsp3) is 0.318. The largest absolute Gasteiger partial charge is 0.373 e. The second kappa shape index (κ2) is 7.37. The lowest BCUT2D eigenvalue weighted by Gasteiger charge is -2.12. The second-order valence-electron chi connectivity index (χ2n) is 7.80. The van der Waals surface area contributed by atoms with Crippen LogP contribution in [0.3, 0.4) is 0 Å².